The zero-order valence-electron chi connectivity index (χ0n) is 15.1. The van der Waals surface area contributed by atoms with Crippen LogP contribution in [0.4, 0.5) is 22.0 Å². The van der Waals surface area contributed by atoms with Crippen LogP contribution in [0.15, 0.2) is 12.2 Å². The van der Waals surface area contributed by atoms with E-state index in [1.54, 1.807) is 0 Å². The molecule has 1 N–H and O–H groups in total. The maximum Gasteiger partial charge on any atom is 0.466 e. The average Bonchev–Trinajstić information content (AvgIpc) is 2.58. The standard InChI is InChI=1S/C14H19F5N2O7S/c1-9(2)10(22)28-13(14(17,18)19,11(23)21-6-4-20-5-7-21)27-8-3-12(15,16)29(24,25)26/h20H,1,3-8H2,2H3,(H,24,25,26)/p-1. The third-order valence-corrected chi connectivity index (χ3v) is 4.64. The van der Waals surface area contributed by atoms with Crippen LogP contribution in [-0.2, 0) is 29.2 Å². The molecule has 1 aliphatic heterocycles. The lowest BCUT2D eigenvalue weighted by molar-refractivity contribution is -0.351. The van der Waals surface area contributed by atoms with E-state index in [-0.39, 0.29) is 26.2 Å². The van der Waals surface area contributed by atoms with E-state index in [0.29, 0.717) is 4.90 Å². The SMILES string of the molecule is C=C(C)C(=O)OC(OCCC(F)(F)S(=O)(=O)[O-])(C(=O)N1CCNCC1)C(F)(F)F. The van der Waals surface area contributed by atoms with E-state index in [0.717, 1.165) is 6.92 Å². The van der Waals surface area contributed by atoms with Gasteiger partial charge in [-0.1, -0.05) is 6.58 Å². The lowest BCUT2D eigenvalue weighted by atomic mass is 10.2. The molecule has 0 aromatic heterocycles. The first-order valence-corrected chi connectivity index (χ1v) is 9.39. The number of halogens is 5. The zero-order chi connectivity index (χ0) is 22.7. The van der Waals surface area contributed by atoms with Gasteiger partial charge in [0.05, 0.1) is 6.61 Å². The van der Waals surface area contributed by atoms with Gasteiger partial charge in [0.25, 0.3) is 0 Å². The Morgan fingerprint density at radius 3 is 2.10 bits per heavy atom. The topological polar surface area (TPSA) is 125 Å². The van der Waals surface area contributed by atoms with Crippen molar-refractivity contribution in [1.29, 1.82) is 0 Å². The average molecular weight is 453 g/mol. The van der Waals surface area contributed by atoms with Crippen LogP contribution in [0.3, 0.4) is 0 Å². The molecular formula is C14H18F5N2O7S-. The number of esters is 1. The van der Waals surface area contributed by atoms with Gasteiger partial charge in [0.2, 0.25) is 0 Å². The van der Waals surface area contributed by atoms with E-state index in [9.17, 15) is 44.5 Å². The van der Waals surface area contributed by atoms with Crippen LogP contribution in [0.5, 0.6) is 0 Å². The van der Waals surface area contributed by atoms with Crippen LogP contribution in [0.25, 0.3) is 0 Å². The monoisotopic (exact) mass is 453 g/mol. The van der Waals surface area contributed by atoms with Crippen molar-refractivity contribution in [2.24, 2.45) is 0 Å². The van der Waals surface area contributed by atoms with Gasteiger partial charge in [0.15, 0.2) is 10.1 Å². The fourth-order valence-corrected chi connectivity index (χ4v) is 2.46. The number of alkyl halides is 5. The highest BCUT2D eigenvalue weighted by molar-refractivity contribution is 7.86. The molecule has 0 saturated carbocycles. The molecule has 15 heteroatoms. The molecule has 1 unspecified atom stereocenters. The second-order valence-electron chi connectivity index (χ2n) is 6.02. The van der Waals surface area contributed by atoms with Crippen molar-refractivity contribution in [3.63, 3.8) is 0 Å². The third kappa shape index (κ3) is 5.83. The Morgan fingerprint density at radius 1 is 1.17 bits per heavy atom. The van der Waals surface area contributed by atoms with Gasteiger partial charge in [0.1, 0.15) is 0 Å². The molecule has 0 aromatic rings. The van der Waals surface area contributed by atoms with Crippen molar-refractivity contribution in [3.05, 3.63) is 12.2 Å². The molecular weight excluding hydrogens is 435 g/mol. The molecule has 1 rings (SSSR count). The predicted molar refractivity (Wildman–Crippen MR) is 84.4 cm³/mol. The Hall–Kier alpha value is -1.84. The summed E-state index contributed by atoms with van der Waals surface area (Å²) in [5.41, 5.74) is -0.553. The van der Waals surface area contributed by atoms with Crippen molar-refractivity contribution in [2.45, 2.75) is 30.6 Å². The molecule has 1 saturated heterocycles. The van der Waals surface area contributed by atoms with Crippen LogP contribution in [0.2, 0.25) is 0 Å². The minimum absolute atomic E-state index is 0.0978. The molecule has 0 aromatic carbocycles. The van der Waals surface area contributed by atoms with Crippen molar-refractivity contribution in [3.8, 4) is 0 Å². The molecule has 0 radical (unpaired) electrons. The van der Waals surface area contributed by atoms with Gasteiger partial charge < -0.3 is 24.2 Å². The van der Waals surface area contributed by atoms with E-state index in [1.807, 2.05) is 0 Å². The lowest BCUT2D eigenvalue weighted by Gasteiger charge is -2.38. The number of carbonyl (C=O) groups is 2. The number of nitrogens with one attached hydrogen (secondary N) is 1. The van der Waals surface area contributed by atoms with Crippen molar-refractivity contribution < 1.29 is 54.0 Å². The highest BCUT2D eigenvalue weighted by Crippen LogP contribution is 2.38. The zero-order valence-corrected chi connectivity index (χ0v) is 15.9. The molecule has 9 nitrogen and oxygen atoms in total. The number of hydrogen-bond acceptors (Lipinski definition) is 8. The number of amides is 1. The summed E-state index contributed by atoms with van der Waals surface area (Å²) in [4.78, 5) is 24.9. The Balaban J connectivity index is 3.27. The summed E-state index contributed by atoms with van der Waals surface area (Å²) in [5, 5.41) is -2.21. The normalized spacial score (nSPS) is 18.1. The van der Waals surface area contributed by atoms with Crippen LogP contribution in [-0.4, -0.2) is 79.8 Å². The smallest absolute Gasteiger partial charge is 0.466 e. The van der Waals surface area contributed by atoms with Gasteiger partial charge in [0, 0.05) is 38.2 Å². The summed E-state index contributed by atoms with van der Waals surface area (Å²) in [6.45, 7) is 2.02. The first-order valence-electron chi connectivity index (χ1n) is 7.98. The second kappa shape index (κ2) is 8.89. The predicted octanol–water partition coefficient (Wildman–Crippen LogP) is 0.341. The molecule has 1 atom stereocenters. The van der Waals surface area contributed by atoms with Gasteiger partial charge >= 0.3 is 29.1 Å². The maximum absolute atomic E-state index is 13.8. The molecule has 1 amide bonds. The number of ether oxygens (including phenoxy) is 2. The summed E-state index contributed by atoms with van der Waals surface area (Å²) < 4.78 is 108. The molecule has 0 spiro atoms. The van der Waals surface area contributed by atoms with Crippen LogP contribution in [0, 0.1) is 0 Å². The number of carbonyl (C=O) groups excluding carboxylic acids is 2. The number of hydrogen-bond donors (Lipinski definition) is 1. The number of piperazine rings is 1. The summed E-state index contributed by atoms with van der Waals surface area (Å²) in [5.74, 6) is -7.92. The Morgan fingerprint density at radius 2 is 1.69 bits per heavy atom. The summed E-state index contributed by atoms with van der Waals surface area (Å²) in [7, 11) is -6.20. The first-order chi connectivity index (χ1) is 13.1. The Bertz CT molecular complexity index is 750. The fourth-order valence-electron chi connectivity index (χ4n) is 2.13. The minimum Gasteiger partial charge on any atom is -0.743 e. The van der Waals surface area contributed by atoms with Gasteiger partial charge in [-0.05, 0) is 6.92 Å². The van der Waals surface area contributed by atoms with E-state index >= 15 is 0 Å². The largest absolute Gasteiger partial charge is 0.743 e. The quantitative estimate of drug-likeness (QED) is 0.183. The van der Waals surface area contributed by atoms with Crippen molar-refractivity contribution in [2.75, 3.05) is 32.8 Å². The van der Waals surface area contributed by atoms with Crippen molar-refractivity contribution in [1.82, 2.24) is 10.2 Å². The molecule has 1 fully saturated rings. The van der Waals surface area contributed by atoms with Gasteiger partial charge in [-0.3, -0.25) is 4.79 Å². The van der Waals surface area contributed by atoms with E-state index in [4.69, 9.17) is 0 Å². The molecule has 168 valence electrons. The van der Waals surface area contributed by atoms with E-state index in [2.05, 4.69) is 21.4 Å². The van der Waals surface area contributed by atoms with Gasteiger partial charge in [-0.25, -0.2) is 13.2 Å². The van der Waals surface area contributed by atoms with Crippen LogP contribution in [0.1, 0.15) is 13.3 Å². The van der Waals surface area contributed by atoms with Crippen molar-refractivity contribution >= 4 is 22.0 Å². The molecule has 0 aliphatic carbocycles. The summed E-state index contributed by atoms with van der Waals surface area (Å²) in [6.07, 6.45) is -7.73. The second-order valence-corrected chi connectivity index (χ2v) is 7.52. The first kappa shape index (κ1) is 25.2. The van der Waals surface area contributed by atoms with E-state index < -0.39 is 57.8 Å². The van der Waals surface area contributed by atoms with Crippen LogP contribution >= 0.6 is 0 Å². The number of rotatable bonds is 8. The lowest BCUT2D eigenvalue weighted by Crippen LogP contribution is -2.64. The highest BCUT2D eigenvalue weighted by Gasteiger charge is 2.67. The Kier molecular flexibility index (Phi) is 7.72. The van der Waals surface area contributed by atoms with Gasteiger partial charge in [-0.2, -0.15) is 22.0 Å². The summed E-state index contributed by atoms with van der Waals surface area (Å²) in [6, 6.07) is 0. The fraction of sp³-hybridized carbons (Fsp3) is 0.714. The molecule has 29 heavy (non-hydrogen) atoms. The highest BCUT2D eigenvalue weighted by atomic mass is 32.2. The van der Waals surface area contributed by atoms with E-state index in [1.165, 1.54) is 0 Å². The maximum atomic E-state index is 13.8. The number of nitrogens with zero attached hydrogens (tertiary/aromatic N) is 1. The summed E-state index contributed by atoms with van der Waals surface area (Å²) >= 11 is 0. The minimum atomic E-state index is -6.20. The molecule has 1 heterocycles. The molecule has 0 bridgehead atoms. The van der Waals surface area contributed by atoms with Gasteiger partial charge in [-0.15, -0.1) is 0 Å². The third-order valence-electron chi connectivity index (χ3n) is 3.71. The molecule has 1 aliphatic rings. The van der Waals surface area contributed by atoms with Crippen LogP contribution < -0.4 is 5.32 Å². The Labute approximate surface area is 162 Å².